The number of halogens is 2. The molecule has 0 unspecified atom stereocenters. The van der Waals surface area contributed by atoms with Crippen LogP contribution in [0.2, 0.25) is 5.02 Å². The van der Waals surface area contributed by atoms with Crippen molar-refractivity contribution in [1.29, 1.82) is 0 Å². The average Bonchev–Trinajstić information content (AvgIpc) is 2.25. The lowest BCUT2D eigenvalue weighted by Gasteiger charge is -2.17. The Bertz CT molecular complexity index is 501. The van der Waals surface area contributed by atoms with Crippen LogP contribution in [0.15, 0.2) is 30.5 Å². The third kappa shape index (κ3) is 11.2. The molecule has 6 nitrogen and oxygen atoms in total. The molecule has 0 N–H and O–H groups in total. The number of hydrogen-bond donors (Lipinski definition) is 0. The molecule has 0 spiro atoms. The molecule has 1 rings (SSSR count). The predicted octanol–water partition coefficient (Wildman–Crippen LogP) is -2.17. The highest BCUT2D eigenvalue weighted by Crippen LogP contribution is 2.22. The minimum atomic E-state index is -4.94. The molecule has 0 saturated carbocycles. The molecule has 0 atom stereocenters. The normalized spacial score (nSPS) is 11.4. The zero-order valence-electron chi connectivity index (χ0n) is 12.2. The van der Waals surface area contributed by atoms with E-state index in [1.54, 1.807) is 0 Å². The van der Waals surface area contributed by atoms with Crippen molar-refractivity contribution in [2.24, 2.45) is 0 Å². The fraction of sp³-hybridized carbons (Fsp3) is 0.308. The molecule has 0 bridgehead atoms. The Balaban J connectivity index is 0.000000690. The van der Waals surface area contributed by atoms with Gasteiger partial charge in [-0.1, -0.05) is 29.8 Å². The Morgan fingerprint density at radius 2 is 1.62 bits per heavy atom. The van der Waals surface area contributed by atoms with Crippen molar-refractivity contribution in [3.8, 4) is 0 Å². The van der Waals surface area contributed by atoms with E-state index in [0.29, 0.717) is 0 Å². The summed E-state index contributed by atoms with van der Waals surface area (Å²) in [6, 6.07) is 7.87. The highest BCUT2D eigenvalue weighted by molar-refractivity contribution is 6.33. The third-order valence-electron chi connectivity index (χ3n) is 1.98. The Morgan fingerprint density at radius 1 is 1.14 bits per heavy atom. The highest BCUT2D eigenvalue weighted by atomic mass is 35.7. The van der Waals surface area contributed by atoms with Gasteiger partial charge in [0.2, 0.25) is 0 Å². The molecule has 0 aromatic heterocycles. The van der Waals surface area contributed by atoms with Crippen LogP contribution in [-0.2, 0) is 0 Å². The molecule has 0 radical (unpaired) electrons. The molecule has 0 heterocycles. The summed E-state index contributed by atoms with van der Waals surface area (Å²) >= 11 is 6.19. The van der Waals surface area contributed by atoms with Crippen LogP contribution < -0.4 is 18.6 Å². The first-order valence-corrected chi connectivity index (χ1v) is 7.38. The predicted molar refractivity (Wildman–Crippen MR) is 71.3 cm³/mol. The van der Waals surface area contributed by atoms with Crippen molar-refractivity contribution in [3.05, 3.63) is 41.1 Å². The van der Waals surface area contributed by atoms with E-state index in [1.165, 1.54) is 0 Å². The Hall–Kier alpha value is -1.15. The van der Waals surface area contributed by atoms with E-state index in [0.717, 1.165) is 16.2 Å². The van der Waals surface area contributed by atoms with Crippen molar-refractivity contribution in [2.45, 2.75) is 0 Å². The van der Waals surface area contributed by atoms with E-state index < -0.39 is 10.2 Å². The smallest absolute Gasteiger partial charge is 0.172 e. The third-order valence-corrected chi connectivity index (χ3v) is 2.31. The molecule has 0 saturated heterocycles. The van der Waals surface area contributed by atoms with Crippen molar-refractivity contribution in [2.75, 3.05) is 28.2 Å². The lowest BCUT2D eigenvalue weighted by Crippen LogP contribution is -2.68. The Morgan fingerprint density at radius 3 is 2.00 bits per heavy atom. The molecule has 0 fully saturated rings. The molecule has 8 heteroatoms. The maximum Gasteiger partial charge on any atom is 0.172 e. The van der Waals surface area contributed by atoms with E-state index in [-0.39, 0.29) is 0 Å². The van der Waals surface area contributed by atoms with Crippen LogP contribution in [0.25, 0.3) is 5.57 Å². The topological polar surface area (TPSA) is 98.5 Å². The average molecular weight is 337 g/mol. The SMILES string of the molecule is CN(C)/C=C(\C=[N+](C)C)c1ccccc1Cl.[O-][Cl+3]([O-])([O-])[O-]. The van der Waals surface area contributed by atoms with Gasteiger partial charge in [-0.15, -0.1) is 10.2 Å². The lowest BCUT2D eigenvalue weighted by atomic mass is 10.1. The minimum Gasteiger partial charge on any atom is -0.383 e. The lowest BCUT2D eigenvalue weighted by molar-refractivity contribution is -2.00. The number of hydrogen-bond acceptors (Lipinski definition) is 5. The van der Waals surface area contributed by atoms with E-state index in [4.69, 9.17) is 30.2 Å². The van der Waals surface area contributed by atoms with Gasteiger partial charge in [-0.25, -0.2) is 23.2 Å². The van der Waals surface area contributed by atoms with Crippen molar-refractivity contribution in [3.63, 3.8) is 0 Å². The molecule has 21 heavy (non-hydrogen) atoms. The maximum atomic E-state index is 8.49. The molecular weight excluding hydrogens is 319 g/mol. The van der Waals surface area contributed by atoms with Crippen LogP contribution in [0.3, 0.4) is 0 Å². The Labute approximate surface area is 131 Å². The molecule has 1 aromatic rings. The van der Waals surface area contributed by atoms with Crippen molar-refractivity contribution < 1.29 is 33.5 Å². The summed E-state index contributed by atoms with van der Waals surface area (Å²) in [5, 5.41) is 0.772. The molecule has 0 aliphatic rings. The van der Waals surface area contributed by atoms with Gasteiger partial charge in [0, 0.05) is 30.9 Å². The monoisotopic (exact) mass is 336 g/mol. The van der Waals surface area contributed by atoms with Gasteiger partial charge in [-0.05, 0) is 6.07 Å². The van der Waals surface area contributed by atoms with Crippen molar-refractivity contribution >= 4 is 23.4 Å². The summed E-state index contributed by atoms with van der Waals surface area (Å²) in [7, 11) is 3.06. The molecule has 1 aromatic carbocycles. The van der Waals surface area contributed by atoms with E-state index in [2.05, 4.69) is 12.4 Å². The van der Waals surface area contributed by atoms with E-state index >= 15 is 0 Å². The molecule has 0 aliphatic heterocycles. The van der Waals surface area contributed by atoms with Gasteiger partial charge < -0.3 is 4.90 Å². The van der Waals surface area contributed by atoms with E-state index in [1.807, 2.05) is 61.9 Å². The summed E-state index contributed by atoms with van der Waals surface area (Å²) in [5.41, 5.74) is 2.15. The second-order valence-electron chi connectivity index (χ2n) is 4.50. The second-order valence-corrected chi connectivity index (χ2v) is 5.66. The fourth-order valence-electron chi connectivity index (χ4n) is 1.42. The Kier molecular flexibility index (Phi) is 8.50. The standard InChI is InChI=1S/C13H18ClN2.ClHO4/c1-15(2)9-11(10-16(3)4)12-7-5-6-8-13(12)14;2-1(3,4)5/h5-10H,1-4H3;(H,2,3,4,5)/q+1;/p-1. The number of nitrogens with zero attached hydrogens (tertiary/aromatic N) is 2. The summed E-state index contributed by atoms with van der Waals surface area (Å²) in [6.07, 6.45) is 4.11. The van der Waals surface area contributed by atoms with Crippen LogP contribution in [0.5, 0.6) is 0 Å². The van der Waals surface area contributed by atoms with Gasteiger partial charge >= 0.3 is 0 Å². The summed E-state index contributed by atoms with van der Waals surface area (Å²) < 4.78 is 36.0. The molecule has 0 aliphatic carbocycles. The zero-order chi connectivity index (χ0) is 16.6. The second kappa shape index (κ2) is 8.99. The van der Waals surface area contributed by atoms with Gasteiger partial charge in [-0.2, -0.15) is 0 Å². The molecule has 118 valence electrons. The van der Waals surface area contributed by atoms with Gasteiger partial charge in [0.15, 0.2) is 6.21 Å². The summed E-state index contributed by atoms with van der Waals surface area (Å²) in [6.45, 7) is 0. The first kappa shape index (κ1) is 19.9. The minimum absolute atomic E-state index is 0.772. The first-order chi connectivity index (χ1) is 9.50. The van der Waals surface area contributed by atoms with Gasteiger partial charge in [0.05, 0.1) is 5.57 Å². The van der Waals surface area contributed by atoms with Crippen LogP contribution >= 0.6 is 11.6 Å². The fourth-order valence-corrected chi connectivity index (χ4v) is 1.67. The van der Waals surface area contributed by atoms with Crippen molar-refractivity contribution in [1.82, 2.24) is 4.90 Å². The number of allylic oxidation sites excluding steroid dienone is 1. The summed E-state index contributed by atoms with van der Waals surface area (Å²) in [4.78, 5) is 2.01. The van der Waals surface area contributed by atoms with Crippen LogP contribution in [-0.4, -0.2) is 43.9 Å². The zero-order valence-corrected chi connectivity index (χ0v) is 13.8. The molecule has 0 amide bonds. The maximum absolute atomic E-state index is 8.49. The highest BCUT2D eigenvalue weighted by Gasteiger charge is 2.07. The van der Waals surface area contributed by atoms with Crippen LogP contribution in [0.1, 0.15) is 5.56 Å². The first-order valence-electron chi connectivity index (χ1n) is 5.77. The van der Waals surface area contributed by atoms with Gasteiger partial charge in [0.1, 0.15) is 14.1 Å². The quantitative estimate of drug-likeness (QED) is 0.462. The summed E-state index contributed by atoms with van der Waals surface area (Å²) in [5.74, 6) is 0. The van der Waals surface area contributed by atoms with Crippen LogP contribution in [0, 0.1) is 10.2 Å². The van der Waals surface area contributed by atoms with Gasteiger partial charge in [-0.3, -0.25) is 0 Å². The number of benzene rings is 1. The largest absolute Gasteiger partial charge is 0.383 e. The molecular formula is C13H18Cl2N2O4. The van der Waals surface area contributed by atoms with Crippen LogP contribution in [0.4, 0.5) is 0 Å². The van der Waals surface area contributed by atoms with E-state index in [9.17, 15) is 0 Å². The number of rotatable bonds is 3. The van der Waals surface area contributed by atoms with Gasteiger partial charge in [0.25, 0.3) is 0 Å².